The molecule has 2 rings (SSSR count). The maximum Gasteiger partial charge on any atom is 0.488 e. The second-order valence-corrected chi connectivity index (χ2v) is 4.39. The first-order chi connectivity index (χ1) is 8.20. The molecule has 1 fully saturated rings. The third-order valence-electron chi connectivity index (χ3n) is 3.31. The largest absolute Gasteiger partial charge is 0.488 e. The summed E-state index contributed by atoms with van der Waals surface area (Å²) >= 11 is 0. The Kier molecular flexibility index (Phi) is 4.04. The molecule has 0 amide bonds. The van der Waals surface area contributed by atoms with Crippen LogP contribution in [0.3, 0.4) is 0 Å². The topological polar surface area (TPSA) is 52.9 Å². The van der Waals surface area contributed by atoms with Gasteiger partial charge in [0, 0.05) is 25.9 Å². The molecule has 0 atom stereocenters. The molecule has 1 aliphatic heterocycles. The molecule has 0 saturated carbocycles. The fourth-order valence-electron chi connectivity index (χ4n) is 2.23. The number of nitrogens with zero attached hydrogens (tertiary/aromatic N) is 1. The van der Waals surface area contributed by atoms with E-state index >= 15 is 0 Å². The molecule has 0 radical (unpaired) electrons. The van der Waals surface area contributed by atoms with E-state index in [-0.39, 0.29) is 0 Å². The fraction of sp³-hybridized carbons (Fsp3) is 0.500. The zero-order valence-corrected chi connectivity index (χ0v) is 10.0. The first-order valence-electron chi connectivity index (χ1n) is 5.94. The molecular weight excluding hydrogens is 217 g/mol. The zero-order chi connectivity index (χ0) is 12.3. The van der Waals surface area contributed by atoms with Crippen LogP contribution in [0.2, 0.25) is 0 Å². The zero-order valence-electron chi connectivity index (χ0n) is 10.0. The summed E-state index contributed by atoms with van der Waals surface area (Å²) < 4.78 is 5.33. The fourth-order valence-corrected chi connectivity index (χ4v) is 2.23. The number of methoxy groups -OCH3 is 1. The van der Waals surface area contributed by atoms with Gasteiger partial charge in [-0.05, 0) is 30.4 Å². The Bertz CT molecular complexity index is 365. The summed E-state index contributed by atoms with van der Waals surface area (Å²) in [5.74, 6) is 0. The van der Waals surface area contributed by atoms with Gasteiger partial charge in [0.2, 0.25) is 0 Å². The molecule has 0 unspecified atom stereocenters. The van der Waals surface area contributed by atoms with Gasteiger partial charge in [0.05, 0.1) is 6.10 Å². The van der Waals surface area contributed by atoms with Crippen LogP contribution in [0.5, 0.6) is 0 Å². The van der Waals surface area contributed by atoms with Crippen LogP contribution in [0.25, 0.3) is 0 Å². The number of hydrogen-bond acceptors (Lipinski definition) is 4. The van der Waals surface area contributed by atoms with E-state index < -0.39 is 7.12 Å². The number of piperidine rings is 1. The van der Waals surface area contributed by atoms with Gasteiger partial charge in [-0.1, -0.05) is 12.1 Å². The lowest BCUT2D eigenvalue weighted by Gasteiger charge is -2.33. The Morgan fingerprint density at radius 3 is 2.59 bits per heavy atom. The smallest absolute Gasteiger partial charge is 0.423 e. The van der Waals surface area contributed by atoms with Crippen LogP contribution in [0.15, 0.2) is 24.3 Å². The molecule has 1 heterocycles. The highest BCUT2D eigenvalue weighted by atomic mass is 16.5. The van der Waals surface area contributed by atoms with Gasteiger partial charge in [-0.15, -0.1) is 0 Å². The van der Waals surface area contributed by atoms with Crippen molar-refractivity contribution in [3.63, 3.8) is 0 Å². The summed E-state index contributed by atoms with van der Waals surface area (Å²) in [5.41, 5.74) is 1.58. The molecule has 1 aromatic rings. The van der Waals surface area contributed by atoms with Crippen molar-refractivity contribution in [2.24, 2.45) is 0 Å². The molecular formula is C12H18BNO3. The first kappa shape index (κ1) is 12.4. The van der Waals surface area contributed by atoms with Crippen molar-refractivity contribution < 1.29 is 14.8 Å². The molecule has 0 bridgehead atoms. The highest BCUT2D eigenvalue weighted by molar-refractivity contribution is 6.58. The van der Waals surface area contributed by atoms with Gasteiger partial charge in [0.25, 0.3) is 0 Å². The summed E-state index contributed by atoms with van der Waals surface area (Å²) in [7, 11) is 0.356. The monoisotopic (exact) mass is 235 g/mol. The van der Waals surface area contributed by atoms with Gasteiger partial charge < -0.3 is 19.7 Å². The highest BCUT2D eigenvalue weighted by Crippen LogP contribution is 2.20. The standard InChI is InChI=1S/C12H18BNO3/c1-17-12-5-7-14(8-6-12)11-4-2-3-10(9-11)13(15)16/h2-4,9,12,15-16H,5-8H2,1H3. The van der Waals surface area contributed by atoms with Gasteiger partial charge >= 0.3 is 7.12 Å². The molecule has 1 saturated heterocycles. The molecule has 1 aromatic carbocycles. The predicted molar refractivity (Wildman–Crippen MR) is 68.5 cm³/mol. The van der Waals surface area contributed by atoms with Crippen LogP contribution >= 0.6 is 0 Å². The van der Waals surface area contributed by atoms with Gasteiger partial charge in [-0.2, -0.15) is 0 Å². The van der Waals surface area contributed by atoms with E-state index in [1.54, 1.807) is 13.2 Å². The number of anilines is 1. The SMILES string of the molecule is COC1CCN(c2cccc(B(O)O)c2)CC1. The van der Waals surface area contributed by atoms with Crippen molar-refractivity contribution in [1.82, 2.24) is 0 Å². The molecule has 17 heavy (non-hydrogen) atoms. The normalized spacial score (nSPS) is 17.2. The predicted octanol–water partition coefficient (Wildman–Crippen LogP) is -0.0184. The molecule has 0 aliphatic carbocycles. The summed E-state index contributed by atoms with van der Waals surface area (Å²) in [6.07, 6.45) is 2.39. The molecule has 0 aromatic heterocycles. The summed E-state index contributed by atoms with van der Waals surface area (Å²) in [6, 6.07) is 7.40. The molecule has 2 N–H and O–H groups in total. The number of hydrogen-bond donors (Lipinski definition) is 2. The lowest BCUT2D eigenvalue weighted by Crippen LogP contribution is -2.38. The van der Waals surface area contributed by atoms with E-state index in [0.717, 1.165) is 31.6 Å². The van der Waals surface area contributed by atoms with Crippen molar-refractivity contribution in [3.8, 4) is 0 Å². The third kappa shape index (κ3) is 3.00. The highest BCUT2D eigenvalue weighted by Gasteiger charge is 2.20. The van der Waals surface area contributed by atoms with E-state index in [4.69, 9.17) is 14.8 Å². The Morgan fingerprint density at radius 2 is 2.00 bits per heavy atom. The average Bonchev–Trinajstić information content (AvgIpc) is 2.39. The van der Waals surface area contributed by atoms with Gasteiger partial charge in [0.15, 0.2) is 0 Å². The van der Waals surface area contributed by atoms with E-state index in [0.29, 0.717) is 11.6 Å². The Labute approximate surface area is 102 Å². The maximum absolute atomic E-state index is 9.14. The lowest BCUT2D eigenvalue weighted by atomic mass is 9.80. The van der Waals surface area contributed by atoms with Gasteiger partial charge in [-0.25, -0.2) is 0 Å². The number of rotatable bonds is 3. The van der Waals surface area contributed by atoms with Crippen LogP contribution in [-0.4, -0.2) is 43.5 Å². The minimum Gasteiger partial charge on any atom is -0.423 e. The van der Waals surface area contributed by atoms with Crippen molar-refractivity contribution >= 4 is 18.3 Å². The summed E-state index contributed by atoms with van der Waals surface area (Å²) in [4.78, 5) is 2.25. The van der Waals surface area contributed by atoms with E-state index in [1.807, 2.05) is 18.2 Å². The molecule has 5 heteroatoms. The third-order valence-corrected chi connectivity index (χ3v) is 3.31. The van der Waals surface area contributed by atoms with Crippen LogP contribution in [-0.2, 0) is 4.74 Å². The molecule has 1 aliphatic rings. The minimum atomic E-state index is -1.40. The Hall–Kier alpha value is -1.04. The van der Waals surface area contributed by atoms with Crippen LogP contribution in [0, 0.1) is 0 Å². The van der Waals surface area contributed by atoms with Gasteiger partial charge in [0.1, 0.15) is 0 Å². The van der Waals surface area contributed by atoms with Crippen LogP contribution < -0.4 is 10.4 Å². The lowest BCUT2D eigenvalue weighted by molar-refractivity contribution is 0.0819. The average molecular weight is 235 g/mol. The van der Waals surface area contributed by atoms with Crippen LogP contribution in [0.1, 0.15) is 12.8 Å². The van der Waals surface area contributed by atoms with Gasteiger partial charge in [-0.3, -0.25) is 0 Å². The quantitative estimate of drug-likeness (QED) is 0.723. The van der Waals surface area contributed by atoms with Crippen molar-refractivity contribution in [1.29, 1.82) is 0 Å². The van der Waals surface area contributed by atoms with E-state index in [9.17, 15) is 0 Å². The second-order valence-electron chi connectivity index (χ2n) is 4.39. The Balaban J connectivity index is 2.05. The molecule has 4 nitrogen and oxygen atoms in total. The first-order valence-corrected chi connectivity index (χ1v) is 5.94. The second kappa shape index (κ2) is 5.53. The summed E-state index contributed by atoms with van der Waals surface area (Å²) in [6.45, 7) is 1.90. The minimum absolute atomic E-state index is 0.359. The van der Waals surface area contributed by atoms with E-state index in [1.165, 1.54) is 0 Å². The Morgan fingerprint density at radius 1 is 1.29 bits per heavy atom. The summed E-state index contributed by atoms with van der Waals surface area (Å²) in [5, 5.41) is 18.3. The number of ether oxygens (including phenoxy) is 1. The van der Waals surface area contributed by atoms with Crippen molar-refractivity contribution in [2.75, 3.05) is 25.1 Å². The van der Waals surface area contributed by atoms with E-state index in [2.05, 4.69) is 4.90 Å². The van der Waals surface area contributed by atoms with Crippen LogP contribution in [0.4, 0.5) is 5.69 Å². The number of benzene rings is 1. The molecule has 92 valence electrons. The van der Waals surface area contributed by atoms with Crippen molar-refractivity contribution in [2.45, 2.75) is 18.9 Å². The maximum atomic E-state index is 9.14. The molecule has 0 spiro atoms. The van der Waals surface area contributed by atoms with Crippen molar-refractivity contribution in [3.05, 3.63) is 24.3 Å².